The number of nitrogens with two attached hydrogens (primary N) is 1. The molecule has 1 heterocycles. The van der Waals surface area contributed by atoms with Crippen molar-refractivity contribution < 1.29 is 13.9 Å². The normalized spacial score (nSPS) is 10.8. The fraction of sp³-hybridized carbons (Fsp3) is 0.357. The van der Waals surface area contributed by atoms with Crippen LogP contribution in [0.5, 0.6) is 17.2 Å². The van der Waals surface area contributed by atoms with Crippen molar-refractivity contribution in [2.24, 2.45) is 0 Å². The molecule has 5 nitrogen and oxygen atoms in total. The molecule has 0 radical (unpaired) electrons. The van der Waals surface area contributed by atoms with E-state index in [9.17, 15) is 4.39 Å². The molecule has 0 aliphatic carbocycles. The number of halogens is 1. The molecule has 20 heavy (non-hydrogen) atoms. The van der Waals surface area contributed by atoms with E-state index in [4.69, 9.17) is 15.2 Å². The highest BCUT2D eigenvalue weighted by Crippen LogP contribution is 2.33. The van der Waals surface area contributed by atoms with Crippen molar-refractivity contribution in [2.75, 3.05) is 5.73 Å². The van der Waals surface area contributed by atoms with E-state index in [1.165, 1.54) is 12.1 Å². The van der Waals surface area contributed by atoms with Gasteiger partial charge in [-0.2, -0.15) is 5.10 Å². The maximum Gasteiger partial charge on any atom is 0.167 e. The number of hydrogen-bond donors (Lipinski definition) is 1. The highest BCUT2D eigenvalue weighted by molar-refractivity contribution is 5.57. The lowest BCUT2D eigenvalue weighted by Crippen LogP contribution is -2.07. The summed E-state index contributed by atoms with van der Waals surface area (Å²) in [6.07, 6.45) is 3.19. The molecule has 0 fully saturated rings. The Morgan fingerprint density at radius 3 is 2.70 bits per heavy atom. The van der Waals surface area contributed by atoms with Crippen LogP contribution in [0.2, 0.25) is 0 Å². The molecule has 0 saturated heterocycles. The molecule has 0 atom stereocenters. The van der Waals surface area contributed by atoms with Crippen LogP contribution in [-0.4, -0.2) is 15.9 Å². The van der Waals surface area contributed by atoms with Crippen molar-refractivity contribution in [3.8, 4) is 17.2 Å². The van der Waals surface area contributed by atoms with Gasteiger partial charge >= 0.3 is 0 Å². The fourth-order valence-electron chi connectivity index (χ4n) is 1.68. The van der Waals surface area contributed by atoms with Crippen LogP contribution < -0.4 is 15.2 Å². The zero-order chi connectivity index (χ0) is 14.7. The Hall–Kier alpha value is -2.24. The Balaban J connectivity index is 2.26. The van der Waals surface area contributed by atoms with Gasteiger partial charge < -0.3 is 15.2 Å². The molecule has 1 aromatic carbocycles. The van der Waals surface area contributed by atoms with Crippen LogP contribution >= 0.6 is 0 Å². The first-order valence-electron chi connectivity index (χ1n) is 6.45. The van der Waals surface area contributed by atoms with Gasteiger partial charge in [-0.1, -0.05) is 0 Å². The quantitative estimate of drug-likeness (QED) is 0.854. The number of aromatic nitrogens is 2. The minimum absolute atomic E-state index is 0.118. The molecule has 0 saturated carbocycles. The molecule has 0 bridgehead atoms. The van der Waals surface area contributed by atoms with Crippen molar-refractivity contribution >= 4 is 5.69 Å². The third-order valence-electron chi connectivity index (χ3n) is 2.59. The Morgan fingerprint density at radius 1 is 1.35 bits per heavy atom. The van der Waals surface area contributed by atoms with Gasteiger partial charge in [0.15, 0.2) is 23.1 Å². The molecule has 2 N–H and O–H groups in total. The Bertz CT molecular complexity index is 596. The Morgan fingerprint density at radius 2 is 2.10 bits per heavy atom. The number of nitrogens with zero attached hydrogens (tertiary/aromatic N) is 2. The van der Waals surface area contributed by atoms with Crippen molar-refractivity contribution in [1.82, 2.24) is 9.78 Å². The van der Waals surface area contributed by atoms with Gasteiger partial charge in [-0.15, -0.1) is 0 Å². The van der Waals surface area contributed by atoms with E-state index in [0.29, 0.717) is 11.5 Å². The largest absolute Gasteiger partial charge is 0.488 e. The minimum atomic E-state index is -0.507. The maximum atomic E-state index is 13.7. The predicted octanol–water partition coefficient (Wildman–Crippen LogP) is 3.20. The number of hydrogen-bond acceptors (Lipinski definition) is 4. The summed E-state index contributed by atoms with van der Waals surface area (Å²) < 4.78 is 26.4. The zero-order valence-electron chi connectivity index (χ0n) is 11.8. The number of ether oxygens (including phenoxy) is 2. The summed E-state index contributed by atoms with van der Waals surface area (Å²) in [6, 6.07) is 2.64. The van der Waals surface area contributed by atoms with Crippen molar-refractivity contribution in [3.63, 3.8) is 0 Å². The monoisotopic (exact) mass is 279 g/mol. The summed E-state index contributed by atoms with van der Waals surface area (Å²) in [5.41, 5.74) is 5.97. The van der Waals surface area contributed by atoms with Crippen LogP contribution in [0.15, 0.2) is 24.5 Å². The highest BCUT2D eigenvalue weighted by Gasteiger charge is 2.13. The predicted molar refractivity (Wildman–Crippen MR) is 74.6 cm³/mol. The van der Waals surface area contributed by atoms with Crippen LogP contribution in [0, 0.1) is 5.82 Å². The lowest BCUT2D eigenvalue weighted by molar-refractivity contribution is 0.230. The first kappa shape index (κ1) is 14.2. The number of aryl methyl sites for hydroxylation is 1. The van der Waals surface area contributed by atoms with E-state index in [1.807, 2.05) is 20.8 Å². The maximum absolute atomic E-state index is 13.7. The van der Waals surface area contributed by atoms with E-state index < -0.39 is 5.82 Å². The van der Waals surface area contributed by atoms with Crippen molar-refractivity contribution in [2.45, 2.75) is 33.4 Å². The summed E-state index contributed by atoms with van der Waals surface area (Å²) in [4.78, 5) is 0. The van der Waals surface area contributed by atoms with Crippen LogP contribution in [0.25, 0.3) is 0 Å². The second-order valence-corrected chi connectivity index (χ2v) is 4.62. The molecular weight excluding hydrogens is 261 g/mol. The first-order chi connectivity index (χ1) is 9.49. The van der Waals surface area contributed by atoms with Crippen molar-refractivity contribution in [3.05, 3.63) is 30.3 Å². The first-order valence-corrected chi connectivity index (χ1v) is 6.45. The topological polar surface area (TPSA) is 62.3 Å². The smallest absolute Gasteiger partial charge is 0.167 e. The number of rotatable bonds is 5. The van der Waals surface area contributed by atoms with Gasteiger partial charge in [0.2, 0.25) is 0 Å². The van der Waals surface area contributed by atoms with E-state index >= 15 is 0 Å². The SMILES string of the molecule is CCn1cc(Oc2cc(OC(C)C)c(F)cc2N)cn1. The molecule has 0 amide bonds. The molecule has 2 rings (SSSR count). The summed E-state index contributed by atoms with van der Waals surface area (Å²) in [6.45, 7) is 6.35. The van der Waals surface area contributed by atoms with Gasteiger partial charge in [0.05, 0.1) is 24.2 Å². The molecule has 2 aromatic rings. The van der Waals surface area contributed by atoms with Crippen LogP contribution in [0.4, 0.5) is 10.1 Å². The van der Waals surface area contributed by atoms with Gasteiger partial charge in [0.25, 0.3) is 0 Å². The van der Waals surface area contributed by atoms with Gasteiger partial charge in [0, 0.05) is 18.7 Å². The average Bonchev–Trinajstić information content (AvgIpc) is 2.82. The summed E-state index contributed by atoms with van der Waals surface area (Å²) in [5.74, 6) is 0.498. The number of nitrogen functional groups attached to an aromatic ring is 1. The number of benzene rings is 1. The van der Waals surface area contributed by atoms with E-state index in [1.54, 1.807) is 17.1 Å². The summed E-state index contributed by atoms with van der Waals surface area (Å²) in [7, 11) is 0. The third kappa shape index (κ3) is 3.20. The summed E-state index contributed by atoms with van der Waals surface area (Å²) >= 11 is 0. The summed E-state index contributed by atoms with van der Waals surface area (Å²) in [5, 5.41) is 4.09. The minimum Gasteiger partial charge on any atom is -0.488 e. The zero-order valence-corrected chi connectivity index (χ0v) is 11.8. The van der Waals surface area contributed by atoms with E-state index in [2.05, 4.69) is 5.10 Å². The molecule has 108 valence electrons. The molecule has 0 spiro atoms. The fourth-order valence-corrected chi connectivity index (χ4v) is 1.68. The lowest BCUT2D eigenvalue weighted by Gasteiger charge is -2.13. The molecule has 0 aliphatic rings. The molecule has 0 aliphatic heterocycles. The Kier molecular flexibility index (Phi) is 4.12. The van der Waals surface area contributed by atoms with Crippen LogP contribution in [-0.2, 0) is 6.54 Å². The van der Waals surface area contributed by atoms with Crippen LogP contribution in [0.1, 0.15) is 20.8 Å². The van der Waals surface area contributed by atoms with Crippen LogP contribution in [0.3, 0.4) is 0 Å². The molecule has 0 unspecified atom stereocenters. The second kappa shape index (κ2) is 5.81. The molecule has 1 aromatic heterocycles. The van der Waals surface area contributed by atoms with Gasteiger partial charge in [-0.05, 0) is 20.8 Å². The lowest BCUT2D eigenvalue weighted by atomic mass is 10.2. The standard InChI is InChI=1S/C14H18FN3O2/c1-4-18-8-10(7-17-18)20-14-6-13(19-9(2)3)11(15)5-12(14)16/h5-9H,4,16H2,1-3H3. The molecule has 6 heteroatoms. The van der Waals surface area contributed by atoms with Crippen molar-refractivity contribution in [1.29, 1.82) is 0 Å². The number of anilines is 1. The van der Waals surface area contributed by atoms with Gasteiger partial charge in [-0.3, -0.25) is 4.68 Å². The van der Waals surface area contributed by atoms with Gasteiger partial charge in [-0.25, -0.2) is 4.39 Å². The third-order valence-corrected chi connectivity index (χ3v) is 2.59. The molecular formula is C14H18FN3O2. The van der Waals surface area contributed by atoms with Gasteiger partial charge in [0.1, 0.15) is 0 Å². The second-order valence-electron chi connectivity index (χ2n) is 4.62. The Labute approximate surface area is 117 Å². The van der Waals surface area contributed by atoms with E-state index in [0.717, 1.165) is 6.54 Å². The van der Waals surface area contributed by atoms with E-state index in [-0.39, 0.29) is 17.5 Å². The average molecular weight is 279 g/mol. The highest BCUT2D eigenvalue weighted by atomic mass is 19.1.